The molecule has 1 unspecified atom stereocenters. The third-order valence-corrected chi connectivity index (χ3v) is 4.74. The Morgan fingerprint density at radius 1 is 1.24 bits per heavy atom. The van der Waals surface area contributed by atoms with Crippen LogP contribution in [0.15, 0.2) is 57.5 Å². The van der Waals surface area contributed by atoms with E-state index in [0.717, 1.165) is 22.1 Å². The van der Waals surface area contributed by atoms with Crippen LogP contribution in [0.2, 0.25) is 0 Å². The Morgan fingerprint density at radius 2 is 2.07 bits per heavy atom. The quantitative estimate of drug-likeness (QED) is 0.260. The van der Waals surface area contributed by atoms with Crippen LogP contribution in [-0.4, -0.2) is 37.7 Å². The van der Waals surface area contributed by atoms with Crippen LogP contribution < -0.4 is 20.1 Å². The minimum atomic E-state index is -0.0527. The molecule has 156 valence electrons. The normalized spacial score (nSPS) is 12.0. The third-order valence-electron chi connectivity index (χ3n) is 3.88. The van der Waals surface area contributed by atoms with Crippen molar-refractivity contribution < 1.29 is 13.9 Å². The lowest BCUT2D eigenvalue weighted by atomic mass is 10.3. The molecule has 3 rings (SSSR count). The summed E-state index contributed by atoms with van der Waals surface area (Å²) in [4.78, 5) is 9.73. The molecule has 0 aliphatic heterocycles. The molecule has 2 aromatic heterocycles. The molecule has 0 amide bonds. The smallest absolute Gasteiger partial charge is 0.236 e. The van der Waals surface area contributed by atoms with Crippen molar-refractivity contribution in [3.05, 3.63) is 53.7 Å². The standard InChI is InChI=1S/C20H24N4O3S.HI/c1-14(27-17-7-4-6-16(10-17)25-3)11-22-20(21-2)23-12-15-13-26-19(24-15)18-8-5-9-28-18;/h4-10,13-14H,11-12H2,1-3H3,(H2,21,22,23);1H. The number of nitrogens with one attached hydrogen (secondary N) is 2. The highest BCUT2D eigenvalue weighted by atomic mass is 127. The minimum absolute atomic E-state index is 0. The fourth-order valence-corrected chi connectivity index (χ4v) is 3.14. The maximum Gasteiger partial charge on any atom is 0.236 e. The van der Waals surface area contributed by atoms with Crippen LogP contribution in [0.5, 0.6) is 11.5 Å². The van der Waals surface area contributed by atoms with Crippen molar-refractivity contribution in [2.45, 2.75) is 19.6 Å². The van der Waals surface area contributed by atoms with Crippen molar-refractivity contribution in [2.75, 3.05) is 20.7 Å². The molecule has 1 aromatic carbocycles. The fourth-order valence-electron chi connectivity index (χ4n) is 2.49. The van der Waals surface area contributed by atoms with Crippen molar-refractivity contribution in [1.29, 1.82) is 0 Å². The number of methoxy groups -OCH3 is 1. The van der Waals surface area contributed by atoms with Crippen LogP contribution in [-0.2, 0) is 6.54 Å². The van der Waals surface area contributed by atoms with E-state index in [4.69, 9.17) is 13.9 Å². The molecule has 0 aliphatic carbocycles. The Labute approximate surface area is 191 Å². The number of aliphatic imine (C=N–C) groups is 1. The van der Waals surface area contributed by atoms with Gasteiger partial charge in [-0.25, -0.2) is 4.98 Å². The van der Waals surface area contributed by atoms with Crippen molar-refractivity contribution in [3.63, 3.8) is 0 Å². The van der Waals surface area contributed by atoms with Gasteiger partial charge in [-0.2, -0.15) is 0 Å². The molecule has 2 heterocycles. The Balaban J connectivity index is 0.00000300. The summed E-state index contributed by atoms with van der Waals surface area (Å²) in [5.74, 6) is 2.83. The van der Waals surface area contributed by atoms with Gasteiger partial charge in [0.05, 0.1) is 30.8 Å². The molecule has 0 spiro atoms. The van der Waals surface area contributed by atoms with E-state index in [1.807, 2.05) is 48.7 Å². The summed E-state index contributed by atoms with van der Waals surface area (Å²) in [6.07, 6.45) is 1.60. The summed E-state index contributed by atoms with van der Waals surface area (Å²) < 4.78 is 16.6. The SMILES string of the molecule is CN=C(NCc1coc(-c2cccs2)n1)NCC(C)Oc1cccc(OC)c1.I. The zero-order valence-electron chi connectivity index (χ0n) is 16.5. The third kappa shape index (κ3) is 6.93. The first-order valence-electron chi connectivity index (χ1n) is 8.91. The number of thiophene rings is 1. The summed E-state index contributed by atoms with van der Waals surface area (Å²) in [5, 5.41) is 8.47. The predicted octanol–water partition coefficient (Wildman–Crippen LogP) is 4.16. The molecule has 0 saturated heterocycles. The van der Waals surface area contributed by atoms with E-state index in [0.29, 0.717) is 24.9 Å². The highest BCUT2D eigenvalue weighted by Gasteiger charge is 2.09. The summed E-state index contributed by atoms with van der Waals surface area (Å²) in [7, 11) is 3.36. The molecule has 3 aromatic rings. The van der Waals surface area contributed by atoms with Crippen LogP contribution in [0.1, 0.15) is 12.6 Å². The zero-order chi connectivity index (χ0) is 19.8. The minimum Gasteiger partial charge on any atom is -0.497 e. The molecular formula is C20H25IN4O3S. The summed E-state index contributed by atoms with van der Waals surface area (Å²) in [6, 6.07) is 11.5. The Bertz CT molecular complexity index is 899. The number of rotatable bonds is 8. The van der Waals surface area contributed by atoms with Gasteiger partial charge in [0.2, 0.25) is 5.89 Å². The average molecular weight is 528 g/mol. The van der Waals surface area contributed by atoms with Gasteiger partial charge in [-0.1, -0.05) is 12.1 Å². The van der Waals surface area contributed by atoms with E-state index < -0.39 is 0 Å². The van der Waals surface area contributed by atoms with Gasteiger partial charge in [0.15, 0.2) is 5.96 Å². The monoisotopic (exact) mass is 528 g/mol. The largest absolute Gasteiger partial charge is 0.497 e. The van der Waals surface area contributed by atoms with E-state index in [1.54, 1.807) is 31.8 Å². The van der Waals surface area contributed by atoms with Crippen LogP contribution >= 0.6 is 35.3 Å². The van der Waals surface area contributed by atoms with Gasteiger partial charge >= 0.3 is 0 Å². The number of halogens is 1. The number of ether oxygens (including phenoxy) is 2. The van der Waals surface area contributed by atoms with Crippen molar-refractivity contribution in [2.24, 2.45) is 4.99 Å². The second-order valence-corrected chi connectivity index (χ2v) is 6.98. The van der Waals surface area contributed by atoms with Crippen LogP contribution in [0, 0.1) is 0 Å². The van der Waals surface area contributed by atoms with Gasteiger partial charge in [0, 0.05) is 13.1 Å². The summed E-state index contributed by atoms with van der Waals surface area (Å²) in [5.41, 5.74) is 0.812. The Kier molecular flexibility index (Phi) is 9.26. The Morgan fingerprint density at radius 3 is 2.79 bits per heavy atom. The van der Waals surface area contributed by atoms with Crippen LogP contribution in [0.4, 0.5) is 0 Å². The molecule has 0 aliphatic rings. The number of benzene rings is 1. The van der Waals surface area contributed by atoms with E-state index in [-0.39, 0.29) is 30.1 Å². The second-order valence-electron chi connectivity index (χ2n) is 6.04. The predicted molar refractivity (Wildman–Crippen MR) is 127 cm³/mol. The molecule has 0 radical (unpaired) electrons. The average Bonchev–Trinajstić information content (AvgIpc) is 3.40. The lowest BCUT2D eigenvalue weighted by Gasteiger charge is -2.17. The maximum absolute atomic E-state index is 5.91. The van der Waals surface area contributed by atoms with Crippen molar-refractivity contribution in [1.82, 2.24) is 15.6 Å². The van der Waals surface area contributed by atoms with Gasteiger partial charge in [0.25, 0.3) is 0 Å². The molecular weight excluding hydrogens is 503 g/mol. The summed E-state index contributed by atoms with van der Waals surface area (Å²) >= 11 is 1.60. The maximum atomic E-state index is 5.91. The van der Waals surface area contributed by atoms with Gasteiger partial charge in [-0.15, -0.1) is 35.3 Å². The molecule has 29 heavy (non-hydrogen) atoms. The number of guanidine groups is 1. The van der Waals surface area contributed by atoms with Crippen LogP contribution in [0.25, 0.3) is 10.8 Å². The number of hydrogen-bond acceptors (Lipinski definition) is 6. The highest BCUT2D eigenvalue weighted by Crippen LogP contribution is 2.23. The van der Waals surface area contributed by atoms with Crippen molar-refractivity contribution >= 4 is 41.3 Å². The van der Waals surface area contributed by atoms with Crippen molar-refractivity contribution in [3.8, 4) is 22.3 Å². The molecule has 1 atom stereocenters. The number of oxazole rings is 1. The molecule has 7 nitrogen and oxygen atoms in total. The van der Waals surface area contributed by atoms with Gasteiger partial charge in [0.1, 0.15) is 23.9 Å². The lowest BCUT2D eigenvalue weighted by Crippen LogP contribution is -2.41. The van der Waals surface area contributed by atoms with Gasteiger partial charge in [-0.05, 0) is 30.5 Å². The van der Waals surface area contributed by atoms with E-state index in [1.165, 1.54) is 0 Å². The molecule has 0 saturated carbocycles. The van der Waals surface area contributed by atoms with E-state index >= 15 is 0 Å². The van der Waals surface area contributed by atoms with Gasteiger partial charge in [-0.3, -0.25) is 4.99 Å². The molecule has 0 bridgehead atoms. The van der Waals surface area contributed by atoms with Gasteiger partial charge < -0.3 is 24.5 Å². The lowest BCUT2D eigenvalue weighted by molar-refractivity contribution is 0.223. The first kappa shape index (κ1) is 23.0. The second kappa shape index (κ2) is 11.7. The number of aromatic nitrogens is 1. The van der Waals surface area contributed by atoms with Crippen LogP contribution in [0.3, 0.4) is 0 Å². The highest BCUT2D eigenvalue weighted by molar-refractivity contribution is 14.0. The molecule has 0 fully saturated rings. The number of nitrogens with zero attached hydrogens (tertiary/aromatic N) is 2. The first-order valence-corrected chi connectivity index (χ1v) is 9.79. The Hall–Kier alpha value is -2.27. The van der Waals surface area contributed by atoms with E-state index in [2.05, 4.69) is 20.6 Å². The number of hydrogen-bond donors (Lipinski definition) is 2. The summed E-state index contributed by atoms with van der Waals surface area (Å²) in [6.45, 7) is 3.10. The zero-order valence-corrected chi connectivity index (χ0v) is 19.7. The topological polar surface area (TPSA) is 80.9 Å². The van der Waals surface area contributed by atoms with E-state index in [9.17, 15) is 0 Å². The first-order chi connectivity index (χ1) is 13.7. The molecule has 2 N–H and O–H groups in total. The molecule has 9 heteroatoms. The fraction of sp³-hybridized carbons (Fsp3) is 0.300.